The van der Waals surface area contributed by atoms with Gasteiger partial charge in [-0.05, 0) is 24.3 Å². The summed E-state index contributed by atoms with van der Waals surface area (Å²) in [4.78, 5) is 11.8. The molecule has 3 N–H and O–H groups in total. The molecule has 0 atom stereocenters. The van der Waals surface area contributed by atoms with Gasteiger partial charge in [0.1, 0.15) is 11.5 Å². The highest BCUT2D eigenvalue weighted by molar-refractivity contribution is 9.10. The maximum absolute atomic E-state index is 11.8. The lowest BCUT2D eigenvalue weighted by Crippen LogP contribution is -2.20. The molecule has 0 aliphatic heterocycles. The van der Waals surface area contributed by atoms with Crippen LogP contribution in [-0.2, 0) is 4.79 Å². The first-order chi connectivity index (χ1) is 10.1. The standard InChI is InChI=1S/C15H15BrN2O3/c1-20-13-4-2-3-12(8-13)18-15(19)9-21-14-6-10(16)5-11(17)7-14/h2-8H,9,17H2,1H3,(H,18,19). The Morgan fingerprint density at radius 3 is 2.76 bits per heavy atom. The van der Waals surface area contributed by atoms with Crippen molar-refractivity contribution in [1.29, 1.82) is 0 Å². The molecule has 0 aromatic heterocycles. The Morgan fingerprint density at radius 1 is 1.24 bits per heavy atom. The predicted molar refractivity (Wildman–Crippen MR) is 85.7 cm³/mol. The van der Waals surface area contributed by atoms with Crippen LogP contribution >= 0.6 is 15.9 Å². The van der Waals surface area contributed by atoms with E-state index in [9.17, 15) is 4.79 Å². The van der Waals surface area contributed by atoms with Gasteiger partial charge in [0, 0.05) is 28.0 Å². The molecule has 0 saturated heterocycles. The van der Waals surface area contributed by atoms with Crippen molar-refractivity contribution in [1.82, 2.24) is 0 Å². The number of hydrogen-bond acceptors (Lipinski definition) is 4. The molecule has 110 valence electrons. The molecule has 0 unspecified atom stereocenters. The highest BCUT2D eigenvalue weighted by atomic mass is 79.9. The summed E-state index contributed by atoms with van der Waals surface area (Å²) in [5.41, 5.74) is 6.91. The Balaban J connectivity index is 1.92. The lowest BCUT2D eigenvalue weighted by Gasteiger charge is -2.09. The van der Waals surface area contributed by atoms with Gasteiger partial charge in [-0.3, -0.25) is 4.79 Å². The van der Waals surface area contributed by atoms with Crippen LogP contribution in [0.15, 0.2) is 46.9 Å². The third-order valence-electron chi connectivity index (χ3n) is 2.62. The zero-order valence-electron chi connectivity index (χ0n) is 11.4. The maximum atomic E-state index is 11.8. The number of ether oxygens (including phenoxy) is 2. The molecule has 0 spiro atoms. The lowest BCUT2D eigenvalue weighted by atomic mass is 10.3. The Kier molecular flexibility index (Phi) is 5.05. The van der Waals surface area contributed by atoms with Gasteiger partial charge in [0.25, 0.3) is 5.91 Å². The average Bonchev–Trinajstić information content (AvgIpc) is 2.44. The van der Waals surface area contributed by atoms with E-state index in [0.717, 1.165) is 4.47 Å². The number of nitrogens with two attached hydrogens (primary N) is 1. The Hall–Kier alpha value is -2.21. The summed E-state index contributed by atoms with van der Waals surface area (Å²) in [6, 6.07) is 12.3. The molecule has 2 aromatic rings. The van der Waals surface area contributed by atoms with Gasteiger partial charge in [0.2, 0.25) is 0 Å². The van der Waals surface area contributed by atoms with Crippen molar-refractivity contribution in [3.63, 3.8) is 0 Å². The largest absolute Gasteiger partial charge is 0.497 e. The monoisotopic (exact) mass is 350 g/mol. The zero-order valence-corrected chi connectivity index (χ0v) is 13.0. The van der Waals surface area contributed by atoms with Gasteiger partial charge < -0.3 is 20.5 Å². The molecule has 2 aromatic carbocycles. The SMILES string of the molecule is COc1cccc(NC(=O)COc2cc(N)cc(Br)c2)c1. The van der Waals surface area contributed by atoms with Crippen molar-refractivity contribution in [3.05, 3.63) is 46.9 Å². The van der Waals surface area contributed by atoms with Crippen LogP contribution < -0.4 is 20.5 Å². The van der Waals surface area contributed by atoms with Gasteiger partial charge in [0.15, 0.2) is 6.61 Å². The summed E-state index contributed by atoms with van der Waals surface area (Å²) >= 11 is 3.32. The number of rotatable bonds is 5. The van der Waals surface area contributed by atoms with Crippen molar-refractivity contribution in [2.75, 3.05) is 24.8 Å². The smallest absolute Gasteiger partial charge is 0.262 e. The van der Waals surface area contributed by atoms with E-state index in [2.05, 4.69) is 21.2 Å². The van der Waals surface area contributed by atoms with E-state index in [4.69, 9.17) is 15.2 Å². The summed E-state index contributed by atoms with van der Waals surface area (Å²) in [5.74, 6) is 0.943. The van der Waals surface area contributed by atoms with Crippen LogP contribution in [0.3, 0.4) is 0 Å². The number of carbonyl (C=O) groups is 1. The van der Waals surface area contributed by atoms with Crippen molar-refractivity contribution < 1.29 is 14.3 Å². The topological polar surface area (TPSA) is 73.6 Å². The third kappa shape index (κ3) is 4.68. The summed E-state index contributed by atoms with van der Waals surface area (Å²) < 4.78 is 11.3. The summed E-state index contributed by atoms with van der Waals surface area (Å²) in [7, 11) is 1.57. The van der Waals surface area contributed by atoms with Crippen LogP contribution in [0.5, 0.6) is 11.5 Å². The molecule has 0 bridgehead atoms. The second-order valence-electron chi connectivity index (χ2n) is 4.29. The Morgan fingerprint density at radius 2 is 2.05 bits per heavy atom. The summed E-state index contributed by atoms with van der Waals surface area (Å²) in [6.45, 7) is -0.104. The number of amides is 1. The van der Waals surface area contributed by atoms with E-state index in [0.29, 0.717) is 22.9 Å². The van der Waals surface area contributed by atoms with Crippen LogP contribution in [0.25, 0.3) is 0 Å². The number of nitrogen functional groups attached to an aromatic ring is 1. The Bertz CT molecular complexity index is 626. The van der Waals surface area contributed by atoms with E-state index in [-0.39, 0.29) is 12.5 Å². The van der Waals surface area contributed by atoms with Crippen molar-refractivity contribution in [2.45, 2.75) is 0 Å². The van der Waals surface area contributed by atoms with Crippen LogP contribution in [0, 0.1) is 0 Å². The molecule has 0 radical (unpaired) electrons. The van der Waals surface area contributed by atoms with E-state index in [1.165, 1.54) is 0 Å². The maximum Gasteiger partial charge on any atom is 0.262 e. The van der Waals surface area contributed by atoms with E-state index >= 15 is 0 Å². The van der Waals surface area contributed by atoms with Gasteiger partial charge in [-0.2, -0.15) is 0 Å². The molecule has 5 nitrogen and oxygen atoms in total. The molecule has 21 heavy (non-hydrogen) atoms. The van der Waals surface area contributed by atoms with Crippen molar-refractivity contribution in [3.8, 4) is 11.5 Å². The molecule has 0 fully saturated rings. The minimum atomic E-state index is -0.262. The molecule has 0 aliphatic rings. The number of hydrogen-bond donors (Lipinski definition) is 2. The first-order valence-electron chi connectivity index (χ1n) is 6.19. The van der Waals surface area contributed by atoms with Crippen LogP contribution in [0.1, 0.15) is 0 Å². The van der Waals surface area contributed by atoms with Crippen molar-refractivity contribution >= 4 is 33.2 Å². The normalized spacial score (nSPS) is 10.0. The van der Waals surface area contributed by atoms with Gasteiger partial charge in [-0.15, -0.1) is 0 Å². The minimum Gasteiger partial charge on any atom is -0.497 e. The summed E-state index contributed by atoms with van der Waals surface area (Å²) in [6.07, 6.45) is 0. The first-order valence-corrected chi connectivity index (χ1v) is 6.99. The van der Waals surface area contributed by atoms with Crippen LogP contribution in [0.4, 0.5) is 11.4 Å². The number of benzene rings is 2. The quantitative estimate of drug-likeness (QED) is 0.812. The minimum absolute atomic E-state index is 0.104. The summed E-state index contributed by atoms with van der Waals surface area (Å²) in [5, 5.41) is 2.73. The molecule has 6 heteroatoms. The van der Waals surface area contributed by atoms with Crippen molar-refractivity contribution in [2.24, 2.45) is 0 Å². The zero-order chi connectivity index (χ0) is 15.2. The second kappa shape index (κ2) is 6.99. The molecular formula is C15H15BrN2O3. The highest BCUT2D eigenvalue weighted by Crippen LogP contribution is 2.23. The van der Waals surface area contributed by atoms with E-state index in [1.807, 2.05) is 0 Å². The van der Waals surface area contributed by atoms with Gasteiger partial charge in [-0.1, -0.05) is 22.0 Å². The number of nitrogens with one attached hydrogen (secondary N) is 1. The fraction of sp³-hybridized carbons (Fsp3) is 0.133. The van der Waals surface area contributed by atoms with E-state index < -0.39 is 0 Å². The lowest BCUT2D eigenvalue weighted by molar-refractivity contribution is -0.118. The van der Waals surface area contributed by atoms with Gasteiger partial charge in [0.05, 0.1) is 7.11 Å². The average molecular weight is 351 g/mol. The molecule has 2 rings (SSSR count). The predicted octanol–water partition coefficient (Wildman–Crippen LogP) is 3.06. The number of halogens is 1. The van der Waals surface area contributed by atoms with Gasteiger partial charge >= 0.3 is 0 Å². The first kappa shape index (κ1) is 15.2. The molecule has 0 saturated carbocycles. The number of carbonyl (C=O) groups excluding carboxylic acids is 1. The Labute approximate surface area is 131 Å². The van der Waals surface area contributed by atoms with Gasteiger partial charge in [-0.25, -0.2) is 0 Å². The van der Waals surface area contributed by atoms with E-state index in [1.54, 1.807) is 49.6 Å². The highest BCUT2D eigenvalue weighted by Gasteiger charge is 2.05. The number of methoxy groups -OCH3 is 1. The molecule has 0 heterocycles. The fourth-order valence-electron chi connectivity index (χ4n) is 1.71. The van der Waals surface area contributed by atoms with Crippen LogP contribution in [0.2, 0.25) is 0 Å². The third-order valence-corrected chi connectivity index (χ3v) is 3.07. The van der Waals surface area contributed by atoms with Crippen LogP contribution in [-0.4, -0.2) is 19.6 Å². The number of anilines is 2. The second-order valence-corrected chi connectivity index (χ2v) is 5.20. The molecule has 1 amide bonds. The molecule has 0 aliphatic carbocycles. The fourth-order valence-corrected chi connectivity index (χ4v) is 2.20. The molecular weight excluding hydrogens is 336 g/mol.